The van der Waals surface area contributed by atoms with Crippen LogP contribution in [0.3, 0.4) is 0 Å². The zero-order valence-electron chi connectivity index (χ0n) is 17.2. The molecule has 166 valence electrons. The van der Waals surface area contributed by atoms with Gasteiger partial charge in [0.05, 0.1) is 17.7 Å². The molecule has 32 heavy (non-hydrogen) atoms. The highest BCUT2D eigenvalue weighted by molar-refractivity contribution is 9.10. The monoisotopic (exact) mass is 517 g/mol. The fourth-order valence-electron chi connectivity index (χ4n) is 2.82. The molecule has 0 aliphatic rings. The zero-order valence-corrected chi connectivity index (χ0v) is 19.6. The molecule has 0 radical (unpaired) electrons. The second-order valence-corrected chi connectivity index (χ2v) is 9.88. The van der Waals surface area contributed by atoms with Crippen LogP contribution in [0.1, 0.15) is 16.7 Å². The van der Waals surface area contributed by atoms with E-state index in [0.717, 1.165) is 19.9 Å². The number of hydrazone groups is 1. The smallest absolute Gasteiger partial charge is 0.255 e. The summed E-state index contributed by atoms with van der Waals surface area (Å²) in [4.78, 5) is 12.5. The van der Waals surface area contributed by atoms with Crippen LogP contribution in [0, 0.1) is 12.7 Å². The summed E-state index contributed by atoms with van der Waals surface area (Å²) in [5.41, 5.74) is 4.14. The second kappa shape index (κ2) is 10.6. The number of hydrogen-bond acceptors (Lipinski definition) is 4. The SMILES string of the molecule is Cc1ccc(S(=O)(=O)N(CC(=O)N/N=C\c2ccc(Br)cc2)Cc2ccccc2F)cc1. The molecule has 0 saturated heterocycles. The minimum Gasteiger partial charge on any atom is -0.272 e. The van der Waals surface area contributed by atoms with Crippen LogP contribution in [0.4, 0.5) is 4.39 Å². The number of carbonyl (C=O) groups is 1. The molecule has 0 aliphatic heterocycles. The van der Waals surface area contributed by atoms with E-state index >= 15 is 0 Å². The lowest BCUT2D eigenvalue weighted by Crippen LogP contribution is -2.39. The second-order valence-electron chi connectivity index (χ2n) is 7.02. The molecular formula is C23H21BrFN3O3S. The van der Waals surface area contributed by atoms with Crippen LogP contribution in [-0.2, 0) is 21.4 Å². The predicted molar refractivity (Wildman–Crippen MR) is 125 cm³/mol. The van der Waals surface area contributed by atoms with Gasteiger partial charge < -0.3 is 0 Å². The summed E-state index contributed by atoms with van der Waals surface area (Å²) >= 11 is 3.33. The first-order valence-electron chi connectivity index (χ1n) is 9.63. The van der Waals surface area contributed by atoms with Crippen LogP contribution in [-0.4, -0.2) is 31.4 Å². The normalized spacial score (nSPS) is 11.8. The van der Waals surface area contributed by atoms with E-state index in [1.54, 1.807) is 30.3 Å². The highest BCUT2D eigenvalue weighted by atomic mass is 79.9. The summed E-state index contributed by atoms with van der Waals surface area (Å²) in [6.07, 6.45) is 1.44. The third-order valence-electron chi connectivity index (χ3n) is 4.56. The Labute approximate surface area is 195 Å². The van der Waals surface area contributed by atoms with Crippen LogP contribution in [0.2, 0.25) is 0 Å². The molecule has 0 atom stereocenters. The highest BCUT2D eigenvalue weighted by Crippen LogP contribution is 2.20. The Morgan fingerprint density at radius 1 is 1.06 bits per heavy atom. The van der Waals surface area contributed by atoms with Crippen LogP contribution in [0.25, 0.3) is 0 Å². The number of nitrogens with zero attached hydrogens (tertiary/aromatic N) is 2. The van der Waals surface area contributed by atoms with Gasteiger partial charge in [-0.15, -0.1) is 0 Å². The summed E-state index contributed by atoms with van der Waals surface area (Å²) in [5.74, 6) is -1.20. The Bertz CT molecular complexity index is 1210. The number of aryl methyl sites for hydroxylation is 1. The van der Waals surface area contributed by atoms with Crippen molar-refractivity contribution >= 4 is 38.1 Å². The molecule has 3 aromatic carbocycles. The maximum absolute atomic E-state index is 14.2. The third-order valence-corrected chi connectivity index (χ3v) is 6.89. The van der Waals surface area contributed by atoms with Gasteiger partial charge in [-0.25, -0.2) is 18.2 Å². The van der Waals surface area contributed by atoms with Gasteiger partial charge in [0.15, 0.2) is 0 Å². The van der Waals surface area contributed by atoms with Gasteiger partial charge in [-0.2, -0.15) is 9.41 Å². The lowest BCUT2D eigenvalue weighted by molar-refractivity contribution is -0.121. The minimum atomic E-state index is -4.06. The molecule has 0 saturated carbocycles. The average molecular weight is 518 g/mol. The van der Waals surface area contributed by atoms with Crippen LogP contribution in [0.15, 0.2) is 87.3 Å². The van der Waals surface area contributed by atoms with Crippen molar-refractivity contribution in [3.8, 4) is 0 Å². The Kier molecular flexibility index (Phi) is 7.89. The van der Waals surface area contributed by atoms with Crippen molar-refractivity contribution < 1.29 is 17.6 Å². The van der Waals surface area contributed by atoms with E-state index in [2.05, 4.69) is 26.5 Å². The standard InChI is InChI=1S/C23H21BrFN3O3S/c1-17-6-12-21(13-7-17)32(30,31)28(15-19-4-2-3-5-22(19)25)16-23(29)27-26-14-18-8-10-20(24)11-9-18/h2-14H,15-16H2,1H3,(H,27,29)/b26-14-. The molecule has 1 amide bonds. The molecule has 0 aliphatic carbocycles. The maximum Gasteiger partial charge on any atom is 0.255 e. The van der Waals surface area contributed by atoms with E-state index in [-0.39, 0.29) is 17.0 Å². The van der Waals surface area contributed by atoms with E-state index in [4.69, 9.17) is 0 Å². The van der Waals surface area contributed by atoms with E-state index in [9.17, 15) is 17.6 Å². The highest BCUT2D eigenvalue weighted by Gasteiger charge is 2.27. The first-order valence-corrected chi connectivity index (χ1v) is 11.9. The van der Waals surface area contributed by atoms with Gasteiger partial charge >= 0.3 is 0 Å². The number of rotatable bonds is 8. The van der Waals surface area contributed by atoms with Gasteiger partial charge in [0, 0.05) is 16.6 Å². The molecule has 0 bridgehead atoms. The van der Waals surface area contributed by atoms with Crippen molar-refractivity contribution in [1.29, 1.82) is 0 Å². The lowest BCUT2D eigenvalue weighted by Gasteiger charge is -2.22. The Balaban J connectivity index is 1.80. The lowest BCUT2D eigenvalue weighted by atomic mass is 10.2. The first kappa shape index (κ1) is 23.8. The van der Waals surface area contributed by atoms with Gasteiger partial charge in [-0.05, 0) is 42.8 Å². The molecule has 0 fully saturated rings. The molecule has 6 nitrogen and oxygen atoms in total. The van der Waals surface area contributed by atoms with E-state index < -0.39 is 28.3 Å². The van der Waals surface area contributed by atoms with Gasteiger partial charge in [0.1, 0.15) is 5.82 Å². The maximum atomic E-state index is 14.2. The zero-order chi connectivity index (χ0) is 23.1. The fraction of sp³-hybridized carbons (Fsp3) is 0.130. The molecule has 0 aromatic heterocycles. The van der Waals surface area contributed by atoms with Crippen molar-refractivity contribution in [2.24, 2.45) is 5.10 Å². The molecule has 0 unspecified atom stereocenters. The van der Waals surface area contributed by atoms with Crippen molar-refractivity contribution in [2.45, 2.75) is 18.4 Å². The Morgan fingerprint density at radius 3 is 2.38 bits per heavy atom. The summed E-state index contributed by atoms with van der Waals surface area (Å²) in [7, 11) is -4.06. The number of amides is 1. The van der Waals surface area contributed by atoms with Crippen molar-refractivity contribution in [3.05, 3.63) is 99.8 Å². The van der Waals surface area contributed by atoms with E-state index in [1.807, 2.05) is 19.1 Å². The largest absolute Gasteiger partial charge is 0.272 e. The minimum absolute atomic E-state index is 0.0191. The summed E-state index contributed by atoms with van der Waals surface area (Å²) in [5, 5.41) is 3.88. The van der Waals surface area contributed by atoms with Gasteiger partial charge in [-0.3, -0.25) is 4.79 Å². The van der Waals surface area contributed by atoms with E-state index in [1.165, 1.54) is 36.5 Å². The molecule has 3 aromatic rings. The molecule has 3 rings (SSSR count). The van der Waals surface area contributed by atoms with Gasteiger partial charge in [0.25, 0.3) is 5.91 Å². The molecular weight excluding hydrogens is 497 g/mol. The number of nitrogens with one attached hydrogen (secondary N) is 1. The molecule has 9 heteroatoms. The first-order chi connectivity index (χ1) is 15.3. The Hall–Kier alpha value is -2.88. The number of halogens is 2. The van der Waals surface area contributed by atoms with Crippen molar-refractivity contribution in [3.63, 3.8) is 0 Å². The summed E-state index contributed by atoms with van der Waals surface area (Å²) < 4.78 is 42.4. The summed E-state index contributed by atoms with van der Waals surface area (Å²) in [6.45, 7) is 1.01. The van der Waals surface area contributed by atoms with Crippen LogP contribution >= 0.6 is 15.9 Å². The number of benzene rings is 3. The predicted octanol–water partition coefficient (Wildman–Crippen LogP) is 4.24. The Morgan fingerprint density at radius 2 is 1.72 bits per heavy atom. The van der Waals surface area contributed by atoms with E-state index in [0.29, 0.717) is 0 Å². The number of sulfonamides is 1. The number of hydrogen-bond donors (Lipinski definition) is 1. The van der Waals surface area contributed by atoms with Crippen molar-refractivity contribution in [1.82, 2.24) is 9.73 Å². The fourth-order valence-corrected chi connectivity index (χ4v) is 4.46. The van der Waals surface area contributed by atoms with Crippen molar-refractivity contribution in [2.75, 3.05) is 6.54 Å². The number of carbonyl (C=O) groups excluding carboxylic acids is 1. The molecule has 1 N–H and O–H groups in total. The molecule has 0 heterocycles. The third kappa shape index (κ3) is 6.32. The average Bonchev–Trinajstić information content (AvgIpc) is 2.76. The van der Waals surface area contributed by atoms with Gasteiger partial charge in [0.2, 0.25) is 10.0 Å². The van der Waals surface area contributed by atoms with Gasteiger partial charge in [-0.1, -0.05) is 64.0 Å². The summed E-state index contributed by atoms with van der Waals surface area (Å²) in [6, 6.07) is 19.3. The van der Waals surface area contributed by atoms with Crippen LogP contribution < -0.4 is 5.43 Å². The molecule has 0 spiro atoms. The van der Waals surface area contributed by atoms with Crippen LogP contribution in [0.5, 0.6) is 0 Å². The topological polar surface area (TPSA) is 78.8 Å². The quantitative estimate of drug-likeness (QED) is 0.358.